The number of hydrogen-bond donors (Lipinski definition) is 4. The van der Waals surface area contributed by atoms with Gasteiger partial charge in [-0.1, -0.05) is 24.3 Å². The van der Waals surface area contributed by atoms with E-state index >= 15 is 0 Å². The standard InChI is InChI=1S/C22H23NO7.ClH/c1-9(29-16-8-14(23)19(25)10(2)30-16)13-7-15(24)17-18(22(13)28)21(27)12-6-4-3-5-11(12)20(17)26;/h3-7,9-10,14,16,19,24-25,28H,8,23H2,1-2H3;1H/t9-,10-,14+,16+,19-;/m0./s1. The second kappa shape index (κ2) is 8.57. The Morgan fingerprint density at radius 1 is 1.13 bits per heavy atom. The lowest BCUT2D eigenvalue weighted by Gasteiger charge is -2.37. The summed E-state index contributed by atoms with van der Waals surface area (Å²) in [5.41, 5.74) is 5.94. The van der Waals surface area contributed by atoms with Crippen molar-refractivity contribution in [2.45, 2.75) is 50.9 Å². The Bertz CT molecular complexity index is 1030. The number of ether oxygens (including phenoxy) is 2. The molecule has 1 fully saturated rings. The van der Waals surface area contributed by atoms with Crippen molar-refractivity contribution in [1.29, 1.82) is 0 Å². The second-order valence-corrected chi connectivity index (χ2v) is 7.73. The van der Waals surface area contributed by atoms with Gasteiger partial charge in [-0.15, -0.1) is 12.4 Å². The molecule has 9 heteroatoms. The van der Waals surface area contributed by atoms with E-state index in [1.165, 1.54) is 18.2 Å². The Labute approximate surface area is 185 Å². The molecular weight excluding hydrogens is 426 g/mol. The van der Waals surface area contributed by atoms with Crippen molar-refractivity contribution in [2.24, 2.45) is 5.73 Å². The molecule has 0 amide bonds. The van der Waals surface area contributed by atoms with Crippen molar-refractivity contribution in [3.05, 3.63) is 58.1 Å². The quantitative estimate of drug-likeness (QED) is 0.446. The Kier molecular flexibility index (Phi) is 6.40. The van der Waals surface area contributed by atoms with E-state index in [-0.39, 0.29) is 46.6 Å². The van der Waals surface area contributed by atoms with Gasteiger partial charge in [-0.25, -0.2) is 0 Å². The van der Waals surface area contributed by atoms with E-state index in [9.17, 15) is 24.9 Å². The lowest BCUT2D eigenvalue weighted by molar-refractivity contribution is -0.238. The highest BCUT2D eigenvalue weighted by molar-refractivity contribution is 6.30. The zero-order chi connectivity index (χ0) is 21.7. The van der Waals surface area contributed by atoms with E-state index in [0.29, 0.717) is 0 Å². The third-order valence-electron chi connectivity index (χ3n) is 5.72. The maximum atomic E-state index is 13.0. The third kappa shape index (κ3) is 3.81. The van der Waals surface area contributed by atoms with E-state index in [4.69, 9.17) is 15.2 Å². The largest absolute Gasteiger partial charge is 0.507 e. The minimum atomic E-state index is -0.815. The summed E-state index contributed by atoms with van der Waals surface area (Å²) in [5.74, 6) is -1.91. The lowest BCUT2D eigenvalue weighted by atomic mass is 9.81. The van der Waals surface area contributed by atoms with Crippen molar-refractivity contribution in [2.75, 3.05) is 0 Å². The number of phenolic OH excluding ortho intramolecular Hbond substituents is 2. The highest BCUT2D eigenvalue weighted by Gasteiger charge is 2.38. The van der Waals surface area contributed by atoms with E-state index in [0.717, 1.165) is 0 Å². The van der Waals surface area contributed by atoms with Crippen LogP contribution in [-0.4, -0.2) is 51.4 Å². The molecular formula is C22H24ClNO7. The first-order valence-electron chi connectivity index (χ1n) is 9.72. The third-order valence-corrected chi connectivity index (χ3v) is 5.72. The number of aliphatic hydroxyl groups is 1. The number of hydrogen-bond acceptors (Lipinski definition) is 8. The minimum absolute atomic E-state index is 0. The van der Waals surface area contributed by atoms with Gasteiger partial charge in [-0.2, -0.15) is 0 Å². The first-order valence-corrected chi connectivity index (χ1v) is 9.72. The number of nitrogens with two attached hydrogens (primary N) is 1. The summed E-state index contributed by atoms with van der Waals surface area (Å²) < 4.78 is 11.5. The summed E-state index contributed by atoms with van der Waals surface area (Å²) in [5, 5.41) is 31.3. The molecule has 1 aliphatic carbocycles. The Morgan fingerprint density at radius 3 is 2.29 bits per heavy atom. The second-order valence-electron chi connectivity index (χ2n) is 7.73. The maximum absolute atomic E-state index is 13.0. The van der Waals surface area contributed by atoms with Gasteiger partial charge >= 0.3 is 0 Å². The average molecular weight is 450 g/mol. The van der Waals surface area contributed by atoms with Gasteiger partial charge in [-0.3, -0.25) is 9.59 Å². The van der Waals surface area contributed by atoms with E-state index in [2.05, 4.69) is 0 Å². The Balaban J connectivity index is 0.00000272. The number of carbonyl (C=O) groups is 2. The molecule has 2 aliphatic rings. The molecule has 31 heavy (non-hydrogen) atoms. The van der Waals surface area contributed by atoms with Crippen LogP contribution in [0.5, 0.6) is 11.5 Å². The van der Waals surface area contributed by atoms with Crippen molar-refractivity contribution >= 4 is 24.0 Å². The van der Waals surface area contributed by atoms with Gasteiger partial charge in [0.05, 0.1) is 29.4 Å². The zero-order valence-electron chi connectivity index (χ0n) is 16.9. The molecule has 5 atom stereocenters. The zero-order valence-corrected chi connectivity index (χ0v) is 17.8. The highest BCUT2D eigenvalue weighted by atomic mass is 35.5. The average Bonchev–Trinajstić information content (AvgIpc) is 2.71. The van der Waals surface area contributed by atoms with E-state index in [1.807, 2.05) is 0 Å². The van der Waals surface area contributed by atoms with Gasteiger partial charge in [0.2, 0.25) is 0 Å². The smallest absolute Gasteiger partial charge is 0.198 e. The molecule has 1 saturated heterocycles. The number of carbonyl (C=O) groups excluding carboxylic acids is 2. The van der Waals surface area contributed by atoms with E-state index < -0.39 is 53.7 Å². The molecule has 2 aromatic carbocycles. The predicted molar refractivity (Wildman–Crippen MR) is 113 cm³/mol. The molecule has 5 N–H and O–H groups in total. The number of phenols is 2. The van der Waals surface area contributed by atoms with Crippen molar-refractivity contribution in [3.63, 3.8) is 0 Å². The van der Waals surface area contributed by atoms with Crippen LogP contribution in [0, 0.1) is 0 Å². The lowest BCUT2D eigenvalue weighted by Crippen LogP contribution is -2.51. The summed E-state index contributed by atoms with van der Waals surface area (Å²) in [6, 6.07) is 6.95. The van der Waals surface area contributed by atoms with Gasteiger partial charge in [0.1, 0.15) is 11.5 Å². The molecule has 0 bridgehead atoms. The SMILES string of the molecule is C[C@H](O[C@H]1C[C@@H](N)[C@@H](O)[C@H](C)O1)c1cc(O)c2c(c1O)C(=O)c1ccccc1C2=O.Cl. The number of aromatic hydroxyl groups is 2. The van der Waals surface area contributed by atoms with Gasteiger partial charge in [0.15, 0.2) is 17.9 Å². The normalized spacial score (nSPS) is 25.9. The Hall–Kier alpha value is -2.49. The number of aliphatic hydroxyl groups excluding tert-OH is 1. The fourth-order valence-electron chi connectivity index (χ4n) is 4.06. The van der Waals surface area contributed by atoms with Gasteiger partial charge in [0.25, 0.3) is 0 Å². The molecule has 8 nitrogen and oxygen atoms in total. The van der Waals surface area contributed by atoms with Crippen molar-refractivity contribution in [3.8, 4) is 11.5 Å². The molecule has 4 rings (SSSR count). The fraction of sp³-hybridized carbons (Fsp3) is 0.364. The van der Waals surface area contributed by atoms with Crippen LogP contribution in [0.3, 0.4) is 0 Å². The van der Waals surface area contributed by atoms with Crippen molar-refractivity contribution < 1.29 is 34.4 Å². The topological polar surface area (TPSA) is 139 Å². The molecule has 0 radical (unpaired) electrons. The first-order chi connectivity index (χ1) is 14.2. The Morgan fingerprint density at radius 2 is 1.71 bits per heavy atom. The van der Waals surface area contributed by atoms with Crippen LogP contribution in [0.1, 0.15) is 63.8 Å². The molecule has 0 unspecified atom stereocenters. The molecule has 2 aromatic rings. The number of benzene rings is 2. The van der Waals surface area contributed by atoms with Gasteiger partial charge in [0, 0.05) is 29.2 Å². The number of ketones is 2. The van der Waals surface area contributed by atoms with Crippen LogP contribution >= 0.6 is 12.4 Å². The van der Waals surface area contributed by atoms with Crippen LogP contribution < -0.4 is 5.73 Å². The first kappa shape index (κ1) is 23.2. The summed E-state index contributed by atoms with van der Waals surface area (Å²) in [7, 11) is 0. The van der Waals surface area contributed by atoms with Gasteiger partial charge in [-0.05, 0) is 19.9 Å². The molecule has 0 saturated carbocycles. The van der Waals surface area contributed by atoms with E-state index in [1.54, 1.807) is 26.0 Å². The van der Waals surface area contributed by atoms with Crippen LogP contribution in [0.2, 0.25) is 0 Å². The van der Waals surface area contributed by atoms with Crippen LogP contribution in [0.4, 0.5) is 0 Å². The highest BCUT2D eigenvalue weighted by Crippen LogP contribution is 2.43. The number of rotatable bonds is 3. The van der Waals surface area contributed by atoms with Crippen molar-refractivity contribution in [1.82, 2.24) is 0 Å². The number of fused-ring (bicyclic) bond motifs is 2. The summed E-state index contributed by atoms with van der Waals surface area (Å²) in [6.07, 6.45) is -2.65. The predicted octanol–water partition coefficient (Wildman–Crippen LogP) is 2.20. The fourth-order valence-corrected chi connectivity index (χ4v) is 4.06. The molecule has 0 aromatic heterocycles. The number of halogens is 1. The minimum Gasteiger partial charge on any atom is -0.507 e. The van der Waals surface area contributed by atoms with Crippen LogP contribution in [0.25, 0.3) is 0 Å². The summed E-state index contributed by atoms with van der Waals surface area (Å²) in [4.78, 5) is 25.8. The van der Waals surface area contributed by atoms with Crippen LogP contribution in [0.15, 0.2) is 30.3 Å². The molecule has 1 aliphatic heterocycles. The summed E-state index contributed by atoms with van der Waals surface area (Å²) in [6.45, 7) is 3.29. The maximum Gasteiger partial charge on any atom is 0.198 e. The van der Waals surface area contributed by atoms with Crippen LogP contribution in [-0.2, 0) is 9.47 Å². The molecule has 166 valence electrons. The molecule has 0 spiro atoms. The summed E-state index contributed by atoms with van der Waals surface area (Å²) >= 11 is 0. The van der Waals surface area contributed by atoms with Gasteiger partial charge < -0.3 is 30.5 Å². The monoisotopic (exact) mass is 449 g/mol. The molecule has 1 heterocycles.